The summed E-state index contributed by atoms with van der Waals surface area (Å²) in [5.74, 6) is 2.00. The second-order valence-corrected chi connectivity index (χ2v) is 3.63. The van der Waals surface area contributed by atoms with Crippen LogP contribution < -0.4 is 0 Å². The molecule has 1 heterocycles. The molecule has 0 saturated heterocycles. The minimum atomic E-state index is -0.0419. The van der Waals surface area contributed by atoms with Crippen LogP contribution >= 0.6 is 0 Å². The van der Waals surface area contributed by atoms with Crippen molar-refractivity contribution in [2.24, 2.45) is 0 Å². The lowest BCUT2D eigenvalue weighted by Crippen LogP contribution is -2.06. The van der Waals surface area contributed by atoms with Gasteiger partial charge in [0.1, 0.15) is 12.4 Å². The summed E-state index contributed by atoms with van der Waals surface area (Å²) >= 11 is 0. The molecule has 0 amide bonds. The average Bonchev–Trinajstić information content (AvgIpc) is 2.67. The Bertz CT molecular complexity index is 266. The van der Waals surface area contributed by atoms with Crippen molar-refractivity contribution in [3.8, 4) is 0 Å². The fraction of sp³-hybridized carbons (Fsp3) is 0.778. The fourth-order valence-corrected chi connectivity index (χ4v) is 1.92. The topological polar surface area (TPSA) is 61.8 Å². The van der Waals surface area contributed by atoms with Gasteiger partial charge in [0.2, 0.25) is 0 Å². The van der Waals surface area contributed by atoms with Gasteiger partial charge in [-0.15, -0.1) is 0 Å². The van der Waals surface area contributed by atoms with E-state index in [1.165, 1.54) is 32.1 Å². The highest BCUT2D eigenvalue weighted by Gasteiger charge is 2.19. The highest BCUT2D eigenvalue weighted by Crippen LogP contribution is 2.30. The molecule has 1 aliphatic rings. The van der Waals surface area contributed by atoms with Crippen LogP contribution in [0.2, 0.25) is 0 Å². The first-order chi connectivity index (χ1) is 6.40. The molecule has 0 aliphatic heterocycles. The number of aliphatic hydroxyl groups is 1. The van der Waals surface area contributed by atoms with Crippen molar-refractivity contribution in [3.63, 3.8) is 0 Å². The number of aliphatic hydroxyl groups excluding tert-OH is 1. The molecule has 13 heavy (non-hydrogen) atoms. The van der Waals surface area contributed by atoms with E-state index in [4.69, 9.17) is 5.11 Å². The number of nitrogens with one attached hydrogen (secondary N) is 1. The fourth-order valence-electron chi connectivity index (χ4n) is 1.92. The van der Waals surface area contributed by atoms with Gasteiger partial charge in [0, 0.05) is 5.92 Å². The Balaban J connectivity index is 2.05. The lowest BCUT2D eigenvalue weighted by molar-refractivity contribution is 0.271. The number of nitrogens with zero attached hydrogens (tertiary/aromatic N) is 2. The quantitative estimate of drug-likeness (QED) is 0.723. The molecule has 1 saturated carbocycles. The van der Waals surface area contributed by atoms with Crippen LogP contribution in [0.3, 0.4) is 0 Å². The lowest BCUT2D eigenvalue weighted by atomic mass is 9.89. The molecular formula is C9H15N3O. The molecule has 1 aromatic heterocycles. The monoisotopic (exact) mass is 181 g/mol. The Labute approximate surface area is 77.4 Å². The molecule has 0 aromatic carbocycles. The lowest BCUT2D eigenvalue weighted by Gasteiger charge is -2.17. The summed E-state index contributed by atoms with van der Waals surface area (Å²) in [6.07, 6.45) is 6.31. The van der Waals surface area contributed by atoms with Crippen LogP contribution in [0.15, 0.2) is 0 Å². The first-order valence-corrected chi connectivity index (χ1v) is 4.92. The maximum atomic E-state index is 8.82. The van der Waals surface area contributed by atoms with E-state index in [1.807, 2.05) is 0 Å². The van der Waals surface area contributed by atoms with Crippen molar-refractivity contribution in [3.05, 3.63) is 11.6 Å². The third-order valence-electron chi connectivity index (χ3n) is 2.67. The van der Waals surface area contributed by atoms with Gasteiger partial charge in [-0.05, 0) is 12.8 Å². The summed E-state index contributed by atoms with van der Waals surface area (Å²) in [6.45, 7) is -0.0419. The molecule has 0 bridgehead atoms. The van der Waals surface area contributed by atoms with Gasteiger partial charge in [-0.25, -0.2) is 4.98 Å². The van der Waals surface area contributed by atoms with Crippen LogP contribution in [0.25, 0.3) is 0 Å². The Kier molecular flexibility index (Phi) is 2.59. The van der Waals surface area contributed by atoms with Gasteiger partial charge < -0.3 is 5.11 Å². The maximum absolute atomic E-state index is 8.82. The second kappa shape index (κ2) is 3.87. The van der Waals surface area contributed by atoms with Crippen LogP contribution in [-0.4, -0.2) is 20.3 Å². The molecule has 0 unspecified atom stereocenters. The highest BCUT2D eigenvalue weighted by molar-refractivity contribution is 4.98. The van der Waals surface area contributed by atoms with E-state index in [2.05, 4.69) is 15.2 Å². The van der Waals surface area contributed by atoms with Gasteiger partial charge in [-0.1, -0.05) is 19.3 Å². The Morgan fingerprint density at radius 1 is 1.31 bits per heavy atom. The third kappa shape index (κ3) is 1.88. The molecule has 4 nitrogen and oxygen atoms in total. The molecule has 1 aliphatic carbocycles. The van der Waals surface area contributed by atoms with Crippen LogP contribution in [0, 0.1) is 0 Å². The molecule has 0 radical (unpaired) electrons. The first-order valence-electron chi connectivity index (χ1n) is 4.92. The summed E-state index contributed by atoms with van der Waals surface area (Å²) in [6, 6.07) is 0. The molecule has 0 atom stereocenters. The standard InChI is InChI=1S/C9H15N3O/c13-6-8-10-9(12-11-8)7-4-2-1-3-5-7/h7,13H,1-6H2,(H,10,11,12). The molecule has 1 aromatic rings. The van der Waals surface area contributed by atoms with Crippen LogP contribution in [0.5, 0.6) is 0 Å². The smallest absolute Gasteiger partial charge is 0.153 e. The normalized spacial score (nSPS) is 19.2. The third-order valence-corrected chi connectivity index (χ3v) is 2.67. The summed E-state index contributed by atoms with van der Waals surface area (Å²) in [5, 5.41) is 15.7. The Morgan fingerprint density at radius 2 is 2.08 bits per heavy atom. The van der Waals surface area contributed by atoms with Crippen molar-refractivity contribution >= 4 is 0 Å². The highest BCUT2D eigenvalue weighted by atomic mass is 16.3. The van der Waals surface area contributed by atoms with Gasteiger partial charge in [0.15, 0.2) is 5.82 Å². The second-order valence-electron chi connectivity index (χ2n) is 3.63. The Morgan fingerprint density at radius 3 is 2.69 bits per heavy atom. The van der Waals surface area contributed by atoms with Crippen molar-refractivity contribution in [2.75, 3.05) is 0 Å². The average molecular weight is 181 g/mol. The van der Waals surface area contributed by atoms with Gasteiger partial charge >= 0.3 is 0 Å². The van der Waals surface area contributed by atoms with E-state index in [0.717, 1.165) is 5.82 Å². The summed E-state index contributed by atoms with van der Waals surface area (Å²) in [5.41, 5.74) is 0. The van der Waals surface area contributed by atoms with E-state index in [0.29, 0.717) is 11.7 Å². The van der Waals surface area contributed by atoms with Crippen LogP contribution in [-0.2, 0) is 6.61 Å². The molecule has 1 fully saturated rings. The first kappa shape index (κ1) is 8.69. The molecular weight excluding hydrogens is 166 g/mol. The zero-order valence-corrected chi connectivity index (χ0v) is 7.66. The van der Waals surface area contributed by atoms with E-state index in [9.17, 15) is 0 Å². The van der Waals surface area contributed by atoms with Gasteiger partial charge in [-0.2, -0.15) is 5.10 Å². The molecule has 2 N–H and O–H groups in total. The summed E-state index contributed by atoms with van der Waals surface area (Å²) in [4.78, 5) is 4.24. The number of aromatic nitrogens is 3. The van der Waals surface area contributed by atoms with Gasteiger partial charge in [0.05, 0.1) is 0 Å². The predicted octanol–water partition coefficient (Wildman–Crippen LogP) is 1.34. The number of aromatic amines is 1. The van der Waals surface area contributed by atoms with Crippen molar-refractivity contribution < 1.29 is 5.11 Å². The van der Waals surface area contributed by atoms with Crippen LogP contribution in [0.1, 0.15) is 49.7 Å². The number of hydrogen-bond donors (Lipinski definition) is 2. The van der Waals surface area contributed by atoms with Crippen LogP contribution in [0.4, 0.5) is 0 Å². The predicted molar refractivity (Wildman–Crippen MR) is 48.1 cm³/mol. The number of hydrogen-bond acceptors (Lipinski definition) is 3. The molecule has 72 valence electrons. The summed E-state index contributed by atoms with van der Waals surface area (Å²) in [7, 11) is 0. The van der Waals surface area contributed by atoms with E-state index in [-0.39, 0.29) is 6.61 Å². The molecule has 0 spiro atoms. The number of rotatable bonds is 2. The maximum Gasteiger partial charge on any atom is 0.153 e. The number of H-pyrrole nitrogens is 1. The molecule has 2 rings (SSSR count). The van der Waals surface area contributed by atoms with E-state index in [1.54, 1.807) is 0 Å². The zero-order chi connectivity index (χ0) is 9.10. The molecule has 4 heteroatoms. The van der Waals surface area contributed by atoms with E-state index >= 15 is 0 Å². The van der Waals surface area contributed by atoms with Crippen molar-refractivity contribution in [1.29, 1.82) is 0 Å². The largest absolute Gasteiger partial charge is 0.388 e. The zero-order valence-electron chi connectivity index (χ0n) is 7.66. The van der Waals surface area contributed by atoms with Gasteiger partial charge in [-0.3, -0.25) is 5.10 Å². The van der Waals surface area contributed by atoms with Crippen molar-refractivity contribution in [1.82, 2.24) is 15.2 Å². The van der Waals surface area contributed by atoms with E-state index < -0.39 is 0 Å². The SMILES string of the molecule is OCc1nc(C2CCCCC2)n[nH]1. The van der Waals surface area contributed by atoms with Crippen molar-refractivity contribution in [2.45, 2.75) is 44.6 Å². The minimum Gasteiger partial charge on any atom is -0.388 e. The summed E-state index contributed by atoms with van der Waals surface area (Å²) < 4.78 is 0. The Hall–Kier alpha value is -0.900. The minimum absolute atomic E-state index is 0.0419. The van der Waals surface area contributed by atoms with Gasteiger partial charge in [0.25, 0.3) is 0 Å².